The van der Waals surface area contributed by atoms with Gasteiger partial charge in [0.1, 0.15) is 0 Å². The summed E-state index contributed by atoms with van der Waals surface area (Å²) in [5, 5.41) is 0. The molecule has 0 N–H and O–H groups in total. The first-order chi connectivity index (χ1) is 6.36. The van der Waals surface area contributed by atoms with E-state index >= 15 is 0 Å². The Labute approximate surface area is 81.0 Å². The molecule has 1 aliphatic heterocycles. The van der Waals surface area contributed by atoms with Crippen molar-refractivity contribution in [2.75, 3.05) is 40.0 Å². The van der Waals surface area contributed by atoms with Gasteiger partial charge in [0, 0.05) is 26.7 Å². The van der Waals surface area contributed by atoms with E-state index in [1.807, 2.05) is 0 Å². The first kappa shape index (κ1) is 11.0. The number of morpholine rings is 1. The van der Waals surface area contributed by atoms with Crippen molar-refractivity contribution >= 4 is 0 Å². The van der Waals surface area contributed by atoms with E-state index in [1.165, 1.54) is 12.8 Å². The van der Waals surface area contributed by atoms with E-state index in [0.717, 1.165) is 32.8 Å². The second kappa shape index (κ2) is 6.35. The summed E-state index contributed by atoms with van der Waals surface area (Å²) in [6.07, 6.45) is 2.85. The highest BCUT2D eigenvalue weighted by Crippen LogP contribution is 2.09. The molecule has 3 nitrogen and oxygen atoms in total. The van der Waals surface area contributed by atoms with Gasteiger partial charge in [-0.2, -0.15) is 0 Å². The van der Waals surface area contributed by atoms with Gasteiger partial charge in [0.15, 0.2) is 0 Å². The maximum atomic E-state index is 5.65. The Hall–Kier alpha value is -0.120. The van der Waals surface area contributed by atoms with Crippen LogP contribution in [0.2, 0.25) is 0 Å². The summed E-state index contributed by atoms with van der Waals surface area (Å²) in [6.45, 7) is 7.10. The third-order valence-corrected chi connectivity index (χ3v) is 2.45. The monoisotopic (exact) mass is 187 g/mol. The Kier molecular flexibility index (Phi) is 5.35. The van der Waals surface area contributed by atoms with Gasteiger partial charge < -0.3 is 9.47 Å². The number of nitrogens with zero attached hydrogens (tertiary/aromatic N) is 1. The van der Waals surface area contributed by atoms with Gasteiger partial charge >= 0.3 is 0 Å². The van der Waals surface area contributed by atoms with Gasteiger partial charge in [-0.15, -0.1) is 0 Å². The average Bonchev–Trinajstić information content (AvgIpc) is 2.16. The van der Waals surface area contributed by atoms with Gasteiger partial charge in [0.05, 0.1) is 19.3 Å². The molecule has 1 heterocycles. The van der Waals surface area contributed by atoms with Crippen molar-refractivity contribution in [3.8, 4) is 0 Å². The van der Waals surface area contributed by atoms with Crippen molar-refractivity contribution in [2.45, 2.75) is 25.9 Å². The average molecular weight is 187 g/mol. The van der Waals surface area contributed by atoms with Crippen molar-refractivity contribution in [1.82, 2.24) is 4.90 Å². The first-order valence-electron chi connectivity index (χ1n) is 5.19. The molecule has 0 spiro atoms. The minimum atomic E-state index is 0.454. The summed E-state index contributed by atoms with van der Waals surface area (Å²) in [4.78, 5) is 2.42. The summed E-state index contributed by atoms with van der Waals surface area (Å²) in [5.74, 6) is 0. The molecule has 0 aromatic carbocycles. The maximum absolute atomic E-state index is 5.65. The SMILES string of the molecule is CCCC1CN(CCOC)CCO1. The zero-order valence-electron chi connectivity index (χ0n) is 8.79. The Morgan fingerprint density at radius 3 is 3.08 bits per heavy atom. The molecule has 0 radical (unpaired) electrons. The standard InChI is InChI=1S/C10H21NO2/c1-3-4-10-9-11(5-7-12-2)6-8-13-10/h10H,3-9H2,1-2H3. The molecule has 0 bridgehead atoms. The normalized spacial score (nSPS) is 24.9. The topological polar surface area (TPSA) is 21.7 Å². The van der Waals surface area contributed by atoms with Gasteiger partial charge in [-0.05, 0) is 6.42 Å². The van der Waals surface area contributed by atoms with Gasteiger partial charge in [-0.3, -0.25) is 4.90 Å². The van der Waals surface area contributed by atoms with Crippen LogP contribution in [0.3, 0.4) is 0 Å². The lowest BCUT2D eigenvalue weighted by Gasteiger charge is -2.32. The molecule has 1 rings (SSSR count). The van der Waals surface area contributed by atoms with E-state index in [-0.39, 0.29) is 0 Å². The summed E-state index contributed by atoms with van der Waals surface area (Å²) < 4.78 is 10.7. The van der Waals surface area contributed by atoms with Crippen LogP contribution in [-0.2, 0) is 9.47 Å². The molecule has 3 heteroatoms. The molecule has 1 saturated heterocycles. The molecular formula is C10H21NO2. The van der Waals surface area contributed by atoms with Crippen LogP contribution in [0, 0.1) is 0 Å². The fraction of sp³-hybridized carbons (Fsp3) is 1.00. The van der Waals surface area contributed by atoms with Crippen LogP contribution < -0.4 is 0 Å². The molecule has 1 unspecified atom stereocenters. The van der Waals surface area contributed by atoms with E-state index in [2.05, 4.69) is 11.8 Å². The van der Waals surface area contributed by atoms with E-state index in [9.17, 15) is 0 Å². The van der Waals surface area contributed by atoms with E-state index in [1.54, 1.807) is 7.11 Å². The molecule has 78 valence electrons. The number of ether oxygens (including phenoxy) is 2. The lowest BCUT2D eigenvalue weighted by atomic mass is 10.2. The molecule has 1 aliphatic rings. The Morgan fingerprint density at radius 1 is 1.54 bits per heavy atom. The lowest BCUT2D eigenvalue weighted by Crippen LogP contribution is -2.43. The summed E-state index contributed by atoms with van der Waals surface area (Å²) in [7, 11) is 1.75. The van der Waals surface area contributed by atoms with Crippen LogP contribution in [0.15, 0.2) is 0 Å². The third kappa shape index (κ3) is 4.07. The van der Waals surface area contributed by atoms with Crippen molar-refractivity contribution in [2.24, 2.45) is 0 Å². The Bertz CT molecular complexity index is 128. The van der Waals surface area contributed by atoms with Gasteiger partial charge in [-0.1, -0.05) is 13.3 Å². The highest BCUT2D eigenvalue weighted by Gasteiger charge is 2.18. The summed E-state index contributed by atoms with van der Waals surface area (Å²) >= 11 is 0. The molecule has 0 amide bonds. The predicted molar refractivity (Wildman–Crippen MR) is 53.0 cm³/mol. The minimum absolute atomic E-state index is 0.454. The highest BCUT2D eigenvalue weighted by molar-refractivity contribution is 4.70. The minimum Gasteiger partial charge on any atom is -0.383 e. The quantitative estimate of drug-likeness (QED) is 0.644. The van der Waals surface area contributed by atoms with Crippen LogP contribution in [0.25, 0.3) is 0 Å². The van der Waals surface area contributed by atoms with Crippen molar-refractivity contribution in [3.63, 3.8) is 0 Å². The molecule has 13 heavy (non-hydrogen) atoms. The van der Waals surface area contributed by atoms with Crippen molar-refractivity contribution in [3.05, 3.63) is 0 Å². The Balaban J connectivity index is 2.16. The lowest BCUT2D eigenvalue weighted by molar-refractivity contribution is -0.0375. The Morgan fingerprint density at radius 2 is 2.38 bits per heavy atom. The van der Waals surface area contributed by atoms with Crippen LogP contribution in [-0.4, -0.2) is 51.0 Å². The second-order valence-corrected chi connectivity index (χ2v) is 3.57. The third-order valence-electron chi connectivity index (χ3n) is 2.45. The fourth-order valence-corrected chi connectivity index (χ4v) is 1.70. The van der Waals surface area contributed by atoms with Gasteiger partial charge in [0.25, 0.3) is 0 Å². The summed E-state index contributed by atoms with van der Waals surface area (Å²) in [6, 6.07) is 0. The predicted octanol–water partition coefficient (Wildman–Crippen LogP) is 1.13. The largest absolute Gasteiger partial charge is 0.383 e. The zero-order chi connectivity index (χ0) is 9.52. The molecular weight excluding hydrogens is 166 g/mol. The molecule has 1 atom stereocenters. The van der Waals surface area contributed by atoms with E-state index in [0.29, 0.717) is 6.10 Å². The van der Waals surface area contributed by atoms with Gasteiger partial charge in [0.2, 0.25) is 0 Å². The zero-order valence-corrected chi connectivity index (χ0v) is 8.79. The second-order valence-electron chi connectivity index (χ2n) is 3.57. The molecule has 0 aliphatic carbocycles. The number of hydrogen-bond donors (Lipinski definition) is 0. The molecule has 1 fully saturated rings. The van der Waals surface area contributed by atoms with Crippen molar-refractivity contribution < 1.29 is 9.47 Å². The smallest absolute Gasteiger partial charge is 0.0702 e. The first-order valence-corrected chi connectivity index (χ1v) is 5.19. The van der Waals surface area contributed by atoms with Gasteiger partial charge in [-0.25, -0.2) is 0 Å². The molecule has 0 saturated carbocycles. The number of methoxy groups -OCH3 is 1. The summed E-state index contributed by atoms with van der Waals surface area (Å²) in [5.41, 5.74) is 0. The van der Waals surface area contributed by atoms with Crippen LogP contribution in [0.4, 0.5) is 0 Å². The van der Waals surface area contributed by atoms with Crippen molar-refractivity contribution in [1.29, 1.82) is 0 Å². The highest BCUT2D eigenvalue weighted by atomic mass is 16.5. The van der Waals surface area contributed by atoms with E-state index in [4.69, 9.17) is 9.47 Å². The van der Waals surface area contributed by atoms with Crippen LogP contribution >= 0.6 is 0 Å². The van der Waals surface area contributed by atoms with Crippen LogP contribution in [0.5, 0.6) is 0 Å². The van der Waals surface area contributed by atoms with E-state index < -0.39 is 0 Å². The molecule has 0 aromatic rings. The maximum Gasteiger partial charge on any atom is 0.0702 e. The fourth-order valence-electron chi connectivity index (χ4n) is 1.70. The van der Waals surface area contributed by atoms with Crippen LogP contribution in [0.1, 0.15) is 19.8 Å². The molecule has 0 aromatic heterocycles. The number of rotatable bonds is 5. The number of hydrogen-bond acceptors (Lipinski definition) is 3.